The van der Waals surface area contributed by atoms with Gasteiger partial charge in [-0.2, -0.15) is 0 Å². The van der Waals surface area contributed by atoms with Crippen molar-refractivity contribution in [1.29, 1.82) is 0 Å². The Morgan fingerprint density at radius 3 is 2.79 bits per heavy atom. The summed E-state index contributed by atoms with van der Waals surface area (Å²) in [6.45, 7) is 0. The van der Waals surface area contributed by atoms with Crippen LogP contribution in [0.4, 0.5) is 0 Å². The molecule has 3 aromatic heterocycles. The lowest BCUT2D eigenvalue weighted by molar-refractivity contribution is 0.141. The van der Waals surface area contributed by atoms with E-state index in [1.807, 2.05) is 6.07 Å². The summed E-state index contributed by atoms with van der Waals surface area (Å²) < 4.78 is 7.05. The summed E-state index contributed by atoms with van der Waals surface area (Å²) in [4.78, 5) is 11.8. The number of ether oxygens (including phenoxy) is 1. The number of rotatable bonds is 3. The highest BCUT2D eigenvalue weighted by molar-refractivity contribution is 9.10. The van der Waals surface area contributed by atoms with E-state index in [1.54, 1.807) is 18.6 Å². The van der Waals surface area contributed by atoms with E-state index >= 15 is 0 Å². The molecule has 1 aliphatic carbocycles. The van der Waals surface area contributed by atoms with Crippen molar-refractivity contribution in [3.63, 3.8) is 0 Å². The van der Waals surface area contributed by atoms with Crippen molar-refractivity contribution >= 4 is 38.4 Å². The second-order valence-corrected chi connectivity index (χ2v) is 7.24. The molecule has 24 heavy (non-hydrogen) atoms. The molecule has 0 spiro atoms. The standard InChI is InChI=1S/C16H15BrClN5O/c17-10-5-12-13(19-7-10)6-14(18)22-16(12)24-11-3-1-9(2-4-11)15-20-8-21-23-15/h5-9,11H,1-4H2,(H,20,21,23)/t9-,11+. The molecule has 8 heteroatoms. The number of fused-ring (bicyclic) bond motifs is 1. The van der Waals surface area contributed by atoms with Gasteiger partial charge in [0, 0.05) is 22.7 Å². The van der Waals surface area contributed by atoms with Crippen molar-refractivity contribution < 1.29 is 4.74 Å². The molecule has 0 amide bonds. The van der Waals surface area contributed by atoms with Crippen LogP contribution in [-0.4, -0.2) is 31.3 Å². The van der Waals surface area contributed by atoms with Crippen LogP contribution >= 0.6 is 27.5 Å². The molecule has 6 nitrogen and oxygen atoms in total. The van der Waals surface area contributed by atoms with E-state index in [-0.39, 0.29) is 6.10 Å². The van der Waals surface area contributed by atoms with Gasteiger partial charge in [0.05, 0.1) is 10.9 Å². The van der Waals surface area contributed by atoms with Crippen LogP contribution in [0.1, 0.15) is 37.4 Å². The predicted molar refractivity (Wildman–Crippen MR) is 94.3 cm³/mol. The van der Waals surface area contributed by atoms with Crippen molar-refractivity contribution in [2.24, 2.45) is 0 Å². The third-order valence-corrected chi connectivity index (χ3v) is 4.98. The first-order valence-electron chi connectivity index (χ1n) is 7.83. The van der Waals surface area contributed by atoms with Gasteiger partial charge in [-0.3, -0.25) is 4.98 Å². The van der Waals surface area contributed by atoms with E-state index in [2.05, 4.69) is 41.1 Å². The highest BCUT2D eigenvalue weighted by Crippen LogP contribution is 2.34. The predicted octanol–water partition coefficient (Wildman–Crippen LogP) is 4.27. The van der Waals surface area contributed by atoms with E-state index in [1.165, 1.54) is 0 Å². The lowest BCUT2D eigenvalue weighted by atomic mass is 9.87. The minimum absolute atomic E-state index is 0.123. The number of nitrogens with one attached hydrogen (secondary N) is 1. The Kier molecular flexibility index (Phi) is 4.37. The third kappa shape index (κ3) is 3.23. The molecule has 4 rings (SSSR count). The van der Waals surface area contributed by atoms with E-state index in [9.17, 15) is 0 Å². The molecular weight excluding hydrogens is 394 g/mol. The summed E-state index contributed by atoms with van der Waals surface area (Å²) in [6, 6.07) is 3.71. The lowest BCUT2D eigenvalue weighted by Crippen LogP contribution is -2.24. The fourth-order valence-electron chi connectivity index (χ4n) is 3.15. The van der Waals surface area contributed by atoms with Gasteiger partial charge in [0.15, 0.2) is 0 Å². The van der Waals surface area contributed by atoms with Gasteiger partial charge in [-0.1, -0.05) is 11.6 Å². The van der Waals surface area contributed by atoms with Gasteiger partial charge in [0.1, 0.15) is 23.4 Å². The maximum Gasteiger partial charge on any atom is 0.224 e. The average Bonchev–Trinajstić information content (AvgIpc) is 3.11. The Hall–Kier alpha value is -1.73. The Bertz CT molecular complexity index is 849. The van der Waals surface area contributed by atoms with Crippen molar-refractivity contribution in [3.05, 3.63) is 40.1 Å². The van der Waals surface area contributed by atoms with Crippen LogP contribution in [0, 0.1) is 0 Å². The smallest absolute Gasteiger partial charge is 0.224 e. The second kappa shape index (κ2) is 6.64. The zero-order valence-corrected chi connectivity index (χ0v) is 15.1. The van der Waals surface area contributed by atoms with Crippen LogP contribution in [-0.2, 0) is 0 Å². The van der Waals surface area contributed by atoms with Crippen molar-refractivity contribution in [3.8, 4) is 5.88 Å². The molecule has 0 saturated heterocycles. The topological polar surface area (TPSA) is 76.6 Å². The van der Waals surface area contributed by atoms with E-state index in [4.69, 9.17) is 16.3 Å². The molecule has 1 saturated carbocycles. The molecule has 3 aromatic rings. The molecule has 1 N–H and O–H groups in total. The Morgan fingerprint density at radius 1 is 1.21 bits per heavy atom. The maximum absolute atomic E-state index is 6.17. The number of hydrogen-bond acceptors (Lipinski definition) is 5. The molecule has 0 bridgehead atoms. The molecule has 1 aliphatic rings. The number of nitrogens with zero attached hydrogens (tertiary/aromatic N) is 4. The van der Waals surface area contributed by atoms with Crippen molar-refractivity contribution in [1.82, 2.24) is 25.1 Å². The molecule has 0 atom stereocenters. The van der Waals surface area contributed by atoms with Gasteiger partial charge in [0.2, 0.25) is 5.88 Å². The molecule has 0 radical (unpaired) electrons. The van der Waals surface area contributed by atoms with Gasteiger partial charge in [-0.15, -0.1) is 10.2 Å². The van der Waals surface area contributed by atoms with Gasteiger partial charge >= 0.3 is 0 Å². The quantitative estimate of drug-likeness (QED) is 0.655. The minimum atomic E-state index is 0.123. The van der Waals surface area contributed by atoms with Gasteiger partial charge in [0.25, 0.3) is 0 Å². The number of H-pyrrole nitrogens is 1. The Labute approximate surface area is 152 Å². The Morgan fingerprint density at radius 2 is 2.04 bits per heavy atom. The first-order valence-corrected chi connectivity index (χ1v) is 9.00. The number of aromatic amines is 1. The number of pyridine rings is 2. The number of hydrogen-bond donors (Lipinski definition) is 1. The van der Waals surface area contributed by atoms with Gasteiger partial charge < -0.3 is 9.72 Å². The van der Waals surface area contributed by atoms with Crippen LogP contribution in [0.2, 0.25) is 5.15 Å². The van der Waals surface area contributed by atoms with Gasteiger partial charge in [-0.05, 0) is 47.7 Å². The molecule has 124 valence electrons. The van der Waals surface area contributed by atoms with Crippen LogP contribution in [0.5, 0.6) is 5.88 Å². The van der Waals surface area contributed by atoms with E-state index in [0.29, 0.717) is 17.0 Å². The lowest BCUT2D eigenvalue weighted by Gasteiger charge is -2.27. The minimum Gasteiger partial charge on any atom is -0.474 e. The number of halogens is 2. The van der Waals surface area contributed by atoms with E-state index in [0.717, 1.165) is 46.9 Å². The second-order valence-electron chi connectivity index (χ2n) is 5.94. The summed E-state index contributed by atoms with van der Waals surface area (Å²) in [5.74, 6) is 1.94. The molecule has 0 unspecified atom stereocenters. The summed E-state index contributed by atoms with van der Waals surface area (Å²) >= 11 is 9.55. The fraction of sp³-hybridized carbons (Fsp3) is 0.375. The first-order chi connectivity index (χ1) is 11.7. The largest absolute Gasteiger partial charge is 0.474 e. The van der Waals surface area contributed by atoms with Crippen LogP contribution in [0.3, 0.4) is 0 Å². The molecule has 3 heterocycles. The van der Waals surface area contributed by atoms with E-state index < -0.39 is 0 Å². The highest BCUT2D eigenvalue weighted by Gasteiger charge is 2.26. The summed E-state index contributed by atoms with van der Waals surface area (Å²) in [6.07, 6.45) is 7.42. The fourth-order valence-corrected chi connectivity index (χ4v) is 3.67. The average molecular weight is 409 g/mol. The van der Waals surface area contributed by atoms with Crippen molar-refractivity contribution in [2.45, 2.75) is 37.7 Å². The van der Waals surface area contributed by atoms with Crippen LogP contribution in [0.15, 0.2) is 29.1 Å². The third-order valence-electron chi connectivity index (χ3n) is 4.35. The maximum atomic E-state index is 6.17. The normalized spacial score (nSPS) is 21.1. The summed E-state index contributed by atoms with van der Waals surface area (Å²) in [7, 11) is 0. The number of aromatic nitrogens is 5. The first kappa shape index (κ1) is 15.8. The highest BCUT2D eigenvalue weighted by atomic mass is 79.9. The summed E-state index contributed by atoms with van der Waals surface area (Å²) in [5.41, 5.74) is 0.781. The Balaban J connectivity index is 1.52. The zero-order valence-electron chi connectivity index (χ0n) is 12.7. The summed E-state index contributed by atoms with van der Waals surface area (Å²) in [5, 5.41) is 9.24. The van der Waals surface area contributed by atoms with Crippen LogP contribution in [0.25, 0.3) is 10.9 Å². The molecular formula is C16H15BrClN5O. The molecule has 1 fully saturated rings. The van der Waals surface area contributed by atoms with Crippen molar-refractivity contribution in [2.75, 3.05) is 0 Å². The zero-order chi connectivity index (χ0) is 16.5. The molecule has 0 aliphatic heterocycles. The van der Waals surface area contributed by atoms with Gasteiger partial charge in [-0.25, -0.2) is 4.98 Å². The SMILES string of the molecule is Clc1cc2ncc(Br)cc2c(O[C@H]2CC[C@@H](c3nnc[nH]3)CC2)n1. The monoisotopic (exact) mass is 407 g/mol. The molecule has 0 aromatic carbocycles. The van der Waals surface area contributed by atoms with Crippen LogP contribution < -0.4 is 4.74 Å².